The van der Waals surface area contributed by atoms with Gasteiger partial charge >= 0.3 is 33.0 Å². The van der Waals surface area contributed by atoms with Crippen molar-refractivity contribution >= 4 is 23.8 Å². The molecule has 0 aliphatic carbocycles. The number of benzene rings is 2. The van der Waals surface area contributed by atoms with Crippen molar-refractivity contribution < 1.29 is 69.5 Å². The average molecular weight is 744 g/mol. The molecular formula is C28H18F2N2O8Pt. The van der Waals surface area contributed by atoms with Crippen LogP contribution in [0.2, 0.25) is 0 Å². The molecule has 2 aromatic carbocycles. The van der Waals surface area contributed by atoms with Crippen molar-refractivity contribution in [2.75, 3.05) is 0 Å². The number of hydrogen-bond acceptors (Lipinski definition) is 6. The number of aliphatic carboxylic acids is 2. The molecule has 0 aliphatic heterocycles. The zero-order chi connectivity index (χ0) is 29.4. The number of halogens is 2. The van der Waals surface area contributed by atoms with E-state index >= 15 is 0 Å². The standard InChI is InChI=1S/2C14H10FNO4.Pt/c2*15-10-5-3-9(4-6-10)11-2-1-7-16(11)13(18)8-12(17)14(19)20;/h2*1-8,17H,(H,19,20);/q;;+2/p-2/b2*12-8-;. The molecule has 0 bridgehead atoms. The predicted octanol–water partition coefficient (Wildman–Crippen LogP) is 2.52. The number of rotatable bonds is 6. The SMILES string of the molecule is O=C(O)/C([O-])=C/C(=O)n1cccc1-c1ccc(F)cc1.O=C(O)/C([O-])=C/C(=O)n1cccc1-c1ccc(F)cc1.[Pt+2]. The van der Waals surface area contributed by atoms with Crippen LogP contribution in [0.25, 0.3) is 22.5 Å². The second kappa shape index (κ2) is 14.3. The molecule has 41 heavy (non-hydrogen) atoms. The van der Waals surface area contributed by atoms with Crippen LogP contribution in [0, 0.1) is 11.6 Å². The summed E-state index contributed by atoms with van der Waals surface area (Å²) in [4.78, 5) is 44.5. The van der Waals surface area contributed by atoms with Crippen molar-refractivity contribution in [1.82, 2.24) is 9.13 Å². The minimum Gasteiger partial charge on any atom is -0.867 e. The van der Waals surface area contributed by atoms with Gasteiger partial charge in [0.15, 0.2) is 0 Å². The Morgan fingerprint density at radius 1 is 0.610 bits per heavy atom. The number of carbonyl (C=O) groups is 4. The molecule has 13 heteroatoms. The molecule has 0 atom stereocenters. The van der Waals surface area contributed by atoms with Crippen molar-refractivity contribution in [2.24, 2.45) is 0 Å². The molecular weight excluding hydrogens is 725 g/mol. The van der Waals surface area contributed by atoms with Gasteiger partial charge in [0.2, 0.25) is 0 Å². The van der Waals surface area contributed by atoms with Crippen molar-refractivity contribution in [2.45, 2.75) is 0 Å². The van der Waals surface area contributed by atoms with Gasteiger partial charge in [-0.15, -0.1) is 0 Å². The molecule has 0 aliphatic rings. The van der Waals surface area contributed by atoms with Crippen LogP contribution in [0.3, 0.4) is 0 Å². The third-order valence-corrected chi connectivity index (χ3v) is 5.18. The number of nitrogens with zero attached hydrogens (tertiary/aromatic N) is 2. The van der Waals surface area contributed by atoms with E-state index in [4.69, 9.17) is 10.2 Å². The smallest absolute Gasteiger partial charge is 0.867 e. The van der Waals surface area contributed by atoms with Crippen molar-refractivity contribution in [1.29, 1.82) is 0 Å². The first-order valence-corrected chi connectivity index (χ1v) is 11.2. The van der Waals surface area contributed by atoms with E-state index in [-0.39, 0.29) is 21.1 Å². The van der Waals surface area contributed by atoms with Crippen LogP contribution >= 0.6 is 0 Å². The maximum atomic E-state index is 12.9. The number of carboxylic acid groups (broad SMARTS) is 2. The zero-order valence-electron chi connectivity index (χ0n) is 20.5. The fourth-order valence-corrected chi connectivity index (χ4v) is 3.34. The molecule has 0 radical (unpaired) electrons. The molecule has 10 nitrogen and oxygen atoms in total. The third kappa shape index (κ3) is 8.44. The summed E-state index contributed by atoms with van der Waals surface area (Å²) in [6.45, 7) is 0. The molecule has 0 unspecified atom stereocenters. The maximum absolute atomic E-state index is 12.9. The molecule has 2 N–H and O–H groups in total. The summed E-state index contributed by atoms with van der Waals surface area (Å²) in [5.41, 5.74) is 2.01. The van der Waals surface area contributed by atoms with Crippen LogP contribution in [0.1, 0.15) is 9.59 Å². The summed E-state index contributed by atoms with van der Waals surface area (Å²) in [5.74, 6) is -8.37. The summed E-state index contributed by atoms with van der Waals surface area (Å²) < 4.78 is 28.0. The number of carboxylic acids is 2. The van der Waals surface area contributed by atoms with E-state index < -0.39 is 46.9 Å². The molecule has 212 valence electrons. The van der Waals surface area contributed by atoms with Gasteiger partial charge in [0, 0.05) is 24.5 Å². The maximum Gasteiger partial charge on any atom is 2.00 e. The van der Waals surface area contributed by atoms with Crippen molar-refractivity contribution in [3.8, 4) is 22.5 Å². The van der Waals surface area contributed by atoms with E-state index in [1.165, 1.54) is 60.9 Å². The second-order valence-electron chi connectivity index (χ2n) is 7.84. The zero-order valence-corrected chi connectivity index (χ0v) is 22.8. The van der Waals surface area contributed by atoms with Crippen LogP contribution in [0.4, 0.5) is 8.78 Å². The van der Waals surface area contributed by atoms with Crippen LogP contribution < -0.4 is 10.2 Å². The van der Waals surface area contributed by atoms with Crippen LogP contribution in [0.15, 0.2) is 109 Å². The topological polar surface area (TPSA) is 165 Å². The van der Waals surface area contributed by atoms with Gasteiger partial charge in [0.1, 0.15) is 11.6 Å². The van der Waals surface area contributed by atoms with E-state index in [9.17, 15) is 38.2 Å². The van der Waals surface area contributed by atoms with Gasteiger partial charge < -0.3 is 20.4 Å². The quantitative estimate of drug-likeness (QED) is 0.225. The fraction of sp³-hybridized carbons (Fsp3) is 0. The summed E-state index contributed by atoms with van der Waals surface area (Å²) in [6, 6.07) is 17.2. The molecule has 2 heterocycles. The first kappa shape index (κ1) is 32.1. The summed E-state index contributed by atoms with van der Waals surface area (Å²) >= 11 is 0. The first-order valence-electron chi connectivity index (χ1n) is 11.2. The minimum atomic E-state index is -1.70. The number of aromatic nitrogens is 2. The molecule has 4 aromatic rings. The largest absolute Gasteiger partial charge is 2.00 e. The van der Waals surface area contributed by atoms with E-state index in [0.717, 1.165) is 9.13 Å². The van der Waals surface area contributed by atoms with Crippen LogP contribution in [0.5, 0.6) is 0 Å². The van der Waals surface area contributed by atoms with E-state index in [1.807, 2.05) is 0 Å². The molecule has 0 spiro atoms. The van der Waals surface area contributed by atoms with Gasteiger partial charge in [-0.25, -0.2) is 18.4 Å². The Labute approximate surface area is 245 Å². The van der Waals surface area contributed by atoms with Gasteiger partial charge in [-0.3, -0.25) is 18.7 Å². The van der Waals surface area contributed by atoms with Gasteiger partial charge in [0.25, 0.3) is 11.8 Å². The van der Waals surface area contributed by atoms with Gasteiger partial charge in [0.05, 0.1) is 11.4 Å². The Morgan fingerprint density at radius 3 is 1.22 bits per heavy atom. The van der Waals surface area contributed by atoms with Crippen LogP contribution in [-0.4, -0.2) is 43.1 Å². The summed E-state index contributed by atoms with van der Waals surface area (Å²) in [7, 11) is 0. The number of carbonyl (C=O) groups excluding carboxylic acids is 2. The fourth-order valence-electron chi connectivity index (χ4n) is 3.34. The van der Waals surface area contributed by atoms with Crippen LogP contribution in [-0.2, 0) is 30.7 Å². The van der Waals surface area contributed by atoms with E-state index in [1.54, 1.807) is 24.3 Å². The normalized spacial score (nSPS) is 11.1. The van der Waals surface area contributed by atoms with Gasteiger partial charge in [-0.1, -0.05) is 0 Å². The Hall–Kier alpha value is -5.09. The summed E-state index contributed by atoms with van der Waals surface area (Å²) in [6.07, 6.45) is 3.78. The minimum absolute atomic E-state index is 0. The van der Waals surface area contributed by atoms with Crippen molar-refractivity contribution in [3.63, 3.8) is 0 Å². The Balaban J connectivity index is 0.000000280. The average Bonchev–Trinajstić information content (AvgIpc) is 3.60. The first-order chi connectivity index (χ1) is 19.0. The van der Waals surface area contributed by atoms with Gasteiger partial charge in [-0.2, -0.15) is 0 Å². The molecule has 2 aromatic heterocycles. The van der Waals surface area contributed by atoms with E-state index in [0.29, 0.717) is 34.7 Å². The predicted molar refractivity (Wildman–Crippen MR) is 132 cm³/mol. The Bertz CT molecular complexity index is 1500. The van der Waals surface area contributed by atoms with Crippen molar-refractivity contribution in [3.05, 3.63) is 120 Å². The number of allylic oxidation sites excluding steroid dienone is 2. The monoisotopic (exact) mass is 743 g/mol. The molecule has 0 saturated heterocycles. The third-order valence-electron chi connectivity index (χ3n) is 5.18. The molecule has 0 amide bonds. The van der Waals surface area contributed by atoms with Gasteiger partial charge in [-0.05, 0) is 95.4 Å². The molecule has 0 fully saturated rings. The second-order valence-corrected chi connectivity index (χ2v) is 7.84. The Kier molecular flexibility index (Phi) is 11.2. The molecule has 4 rings (SSSR count). The number of hydrogen-bond donors (Lipinski definition) is 2. The Morgan fingerprint density at radius 2 is 0.927 bits per heavy atom. The summed E-state index contributed by atoms with van der Waals surface area (Å²) in [5, 5.41) is 38.9. The molecule has 0 saturated carbocycles. The van der Waals surface area contributed by atoms with E-state index in [2.05, 4.69) is 0 Å².